The number of aromatic nitrogens is 3. The molecule has 142 valence electrons. The SMILES string of the molecule is c1cncc(-c2cc(N3CCc4ccccc4C3)nc(N3CCOCC3)n2)c1. The lowest BCUT2D eigenvalue weighted by atomic mass is 10.00. The number of morpholine rings is 1. The van der Waals surface area contributed by atoms with Crippen molar-refractivity contribution in [2.45, 2.75) is 13.0 Å². The van der Waals surface area contributed by atoms with E-state index in [2.05, 4.69) is 45.1 Å². The van der Waals surface area contributed by atoms with Crippen molar-refractivity contribution in [3.63, 3.8) is 0 Å². The second-order valence-corrected chi connectivity index (χ2v) is 7.19. The summed E-state index contributed by atoms with van der Waals surface area (Å²) >= 11 is 0. The van der Waals surface area contributed by atoms with Gasteiger partial charge in [-0.2, -0.15) is 4.98 Å². The van der Waals surface area contributed by atoms with Crippen LogP contribution in [0.5, 0.6) is 0 Å². The van der Waals surface area contributed by atoms with Crippen molar-refractivity contribution in [3.05, 3.63) is 66.0 Å². The first-order chi connectivity index (χ1) is 13.9. The summed E-state index contributed by atoms with van der Waals surface area (Å²) in [6.45, 7) is 4.91. The summed E-state index contributed by atoms with van der Waals surface area (Å²) in [5, 5.41) is 0. The first kappa shape index (κ1) is 17.1. The predicted octanol–water partition coefficient (Wildman–Crippen LogP) is 2.94. The lowest BCUT2D eigenvalue weighted by Gasteiger charge is -2.32. The third-order valence-electron chi connectivity index (χ3n) is 5.41. The molecule has 0 radical (unpaired) electrons. The summed E-state index contributed by atoms with van der Waals surface area (Å²) in [7, 11) is 0. The van der Waals surface area contributed by atoms with Gasteiger partial charge in [0.1, 0.15) is 5.82 Å². The Morgan fingerprint density at radius 1 is 0.857 bits per heavy atom. The van der Waals surface area contributed by atoms with E-state index < -0.39 is 0 Å². The van der Waals surface area contributed by atoms with Crippen LogP contribution in [0.4, 0.5) is 11.8 Å². The second-order valence-electron chi connectivity index (χ2n) is 7.19. The molecule has 0 spiro atoms. The number of ether oxygens (including phenoxy) is 1. The van der Waals surface area contributed by atoms with Gasteiger partial charge in [0.25, 0.3) is 0 Å². The van der Waals surface area contributed by atoms with Crippen molar-refractivity contribution in [1.82, 2.24) is 15.0 Å². The van der Waals surface area contributed by atoms with Crippen molar-refractivity contribution in [1.29, 1.82) is 0 Å². The molecule has 6 nitrogen and oxygen atoms in total. The second kappa shape index (κ2) is 7.56. The Morgan fingerprint density at radius 3 is 2.54 bits per heavy atom. The minimum absolute atomic E-state index is 0.715. The Balaban J connectivity index is 1.53. The minimum Gasteiger partial charge on any atom is -0.378 e. The smallest absolute Gasteiger partial charge is 0.228 e. The Hall–Kier alpha value is -2.99. The standard InChI is InChI=1S/C22H23N5O/c1-2-5-19-16-27(9-7-17(19)4-1)21-14-20(18-6-3-8-23-15-18)24-22(25-21)26-10-12-28-13-11-26/h1-6,8,14-15H,7,9-13,16H2. The molecule has 3 aromatic rings. The first-order valence-electron chi connectivity index (χ1n) is 9.81. The minimum atomic E-state index is 0.715. The third-order valence-corrected chi connectivity index (χ3v) is 5.41. The summed E-state index contributed by atoms with van der Waals surface area (Å²) < 4.78 is 5.50. The molecular weight excluding hydrogens is 350 g/mol. The highest BCUT2D eigenvalue weighted by Gasteiger charge is 2.21. The van der Waals surface area contributed by atoms with Crippen LogP contribution >= 0.6 is 0 Å². The van der Waals surface area contributed by atoms with E-state index in [9.17, 15) is 0 Å². The quantitative estimate of drug-likeness (QED) is 0.704. The van der Waals surface area contributed by atoms with Gasteiger partial charge in [0.05, 0.1) is 18.9 Å². The predicted molar refractivity (Wildman–Crippen MR) is 109 cm³/mol. The number of nitrogens with zero attached hydrogens (tertiary/aromatic N) is 5. The fourth-order valence-electron chi connectivity index (χ4n) is 3.84. The van der Waals surface area contributed by atoms with Gasteiger partial charge in [-0.1, -0.05) is 24.3 Å². The van der Waals surface area contributed by atoms with Crippen LogP contribution in [0.2, 0.25) is 0 Å². The number of pyridine rings is 1. The summed E-state index contributed by atoms with van der Waals surface area (Å²) in [5.41, 5.74) is 4.74. The lowest BCUT2D eigenvalue weighted by Crippen LogP contribution is -2.38. The molecule has 5 rings (SSSR count). The van der Waals surface area contributed by atoms with Gasteiger partial charge in [0, 0.05) is 50.2 Å². The van der Waals surface area contributed by atoms with E-state index in [0.717, 1.165) is 55.6 Å². The van der Waals surface area contributed by atoms with E-state index in [4.69, 9.17) is 14.7 Å². The Bertz CT molecular complexity index is 956. The maximum Gasteiger partial charge on any atom is 0.228 e. The zero-order chi connectivity index (χ0) is 18.8. The van der Waals surface area contributed by atoms with Crippen LogP contribution in [0.3, 0.4) is 0 Å². The Morgan fingerprint density at radius 2 is 1.71 bits per heavy atom. The Labute approximate surface area is 164 Å². The van der Waals surface area contributed by atoms with E-state index in [1.165, 1.54) is 11.1 Å². The number of benzene rings is 1. The van der Waals surface area contributed by atoms with Crippen molar-refractivity contribution < 1.29 is 4.74 Å². The van der Waals surface area contributed by atoms with E-state index in [1.54, 1.807) is 6.20 Å². The van der Waals surface area contributed by atoms with E-state index >= 15 is 0 Å². The van der Waals surface area contributed by atoms with Crippen LogP contribution in [-0.2, 0) is 17.7 Å². The zero-order valence-electron chi connectivity index (χ0n) is 15.8. The molecule has 0 aliphatic carbocycles. The molecule has 4 heterocycles. The van der Waals surface area contributed by atoms with Crippen molar-refractivity contribution in [2.75, 3.05) is 42.6 Å². The molecule has 0 amide bonds. The van der Waals surface area contributed by atoms with Gasteiger partial charge in [-0.05, 0) is 29.7 Å². The molecule has 0 bridgehead atoms. The summed E-state index contributed by atoms with van der Waals surface area (Å²) in [4.78, 5) is 18.6. The molecule has 0 unspecified atom stereocenters. The van der Waals surface area contributed by atoms with Gasteiger partial charge < -0.3 is 14.5 Å². The highest BCUT2D eigenvalue weighted by molar-refractivity contribution is 5.64. The number of hydrogen-bond donors (Lipinski definition) is 0. The molecule has 2 aliphatic heterocycles. The molecule has 6 heteroatoms. The summed E-state index contributed by atoms with van der Waals surface area (Å²) in [6, 6.07) is 14.8. The van der Waals surface area contributed by atoms with Crippen LogP contribution in [0.15, 0.2) is 54.9 Å². The van der Waals surface area contributed by atoms with Gasteiger partial charge >= 0.3 is 0 Å². The maximum absolute atomic E-state index is 5.50. The van der Waals surface area contributed by atoms with Gasteiger partial charge in [-0.15, -0.1) is 0 Å². The highest BCUT2D eigenvalue weighted by Crippen LogP contribution is 2.28. The van der Waals surface area contributed by atoms with Crippen LogP contribution in [0.25, 0.3) is 11.3 Å². The number of hydrogen-bond acceptors (Lipinski definition) is 6. The summed E-state index contributed by atoms with van der Waals surface area (Å²) in [5.74, 6) is 1.75. The molecule has 2 aromatic heterocycles. The van der Waals surface area contributed by atoms with Crippen LogP contribution < -0.4 is 9.80 Å². The van der Waals surface area contributed by atoms with E-state index in [0.29, 0.717) is 13.2 Å². The molecule has 0 saturated carbocycles. The summed E-state index contributed by atoms with van der Waals surface area (Å²) in [6.07, 6.45) is 4.69. The topological polar surface area (TPSA) is 54.4 Å². The lowest BCUT2D eigenvalue weighted by molar-refractivity contribution is 0.122. The monoisotopic (exact) mass is 373 g/mol. The average Bonchev–Trinajstić information content (AvgIpc) is 2.79. The van der Waals surface area contributed by atoms with E-state index in [-0.39, 0.29) is 0 Å². The number of rotatable bonds is 3. The van der Waals surface area contributed by atoms with Crippen LogP contribution in [-0.4, -0.2) is 47.8 Å². The normalized spacial score (nSPS) is 16.7. The van der Waals surface area contributed by atoms with Gasteiger partial charge in [0.2, 0.25) is 5.95 Å². The fourth-order valence-corrected chi connectivity index (χ4v) is 3.84. The van der Waals surface area contributed by atoms with E-state index in [1.807, 2.05) is 18.3 Å². The van der Waals surface area contributed by atoms with Crippen molar-refractivity contribution in [2.24, 2.45) is 0 Å². The molecule has 2 aliphatic rings. The molecule has 1 aromatic carbocycles. The van der Waals surface area contributed by atoms with Gasteiger partial charge in [0.15, 0.2) is 0 Å². The Kier molecular flexibility index (Phi) is 4.62. The van der Waals surface area contributed by atoms with Gasteiger partial charge in [-0.25, -0.2) is 4.98 Å². The highest BCUT2D eigenvalue weighted by atomic mass is 16.5. The maximum atomic E-state index is 5.50. The van der Waals surface area contributed by atoms with Crippen molar-refractivity contribution >= 4 is 11.8 Å². The molecule has 1 saturated heterocycles. The molecule has 28 heavy (non-hydrogen) atoms. The third kappa shape index (κ3) is 3.43. The molecule has 1 fully saturated rings. The fraction of sp³-hybridized carbons (Fsp3) is 0.318. The zero-order valence-corrected chi connectivity index (χ0v) is 15.8. The van der Waals surface area contributed by atoms with Crippen LogP contribution in [0, 0.1) is 0 Å². The molecular formula is C22H23N5O. The number of fused-ring (bicyclic) bond motifs is 1. The molecule has 0 atom stereocenters. The van der Waals surface area contributed by atoms with Gasteiger partial charge in [-0.3, -0.25) is 4.98 Å². The largest absolute Gasteiger partial charge is 0.378 e. The first-order valence-corrected chi connectivity index (χ1v) is 9.81. The molecule has 0 N–H and O–H groups in total. The van der Waals surface area contributed by atoms with Crippen LogP contribution in [0.1, 0.15) is 11.1 Å². The number of anilines is 2. The van der Waals surface area contributed by atoms with Crippen molar-refractivity contribution in [3.8, 4) is 11.3 Å². The average molecular weight is 373 g/mol.